The molecule has 0 N–H and O–H groups in total. The van der Waals surface area contributed by atoms with Crippen LogP contribution in [0.2, 0.25) is 0 Å². The number of Topliss-reactive ketones (excluding diaryl/α,β-unsaturated/α-hetero) is 1. The van der Waals surface area contributed by atoms with Gasteiger partial charge in [0.1, 0.15) is 18.1 Å². The van der Waals surface area contributed by atoms with Gasteiger partial charge in [0, 0.05) is 11.6 Å². The number of fused-ring (bicyclic) bond motifs is 1. The van der Waals surface area contributed by atoms with E-state index in [0.717, 1.165) is 11.1 Å². The number of hydrogen-bond donors (Lipinski definition) is 0. The van der Waals surface area contributed by atoms with Crippen molar-refractivity contribution in [2.45, 2.75) is 6.92 Å². The highest BCUT2D eigenvalue weighted by Crippen LogP contribution is 2.42. The standard InChI is InChI=1S/C28H26O6/c1-18-15-21(33-14-8-11-19-9-6-5-7-10-19)17-23-25(18)26(29)24(34-23)16-20-12-13-22(30-2)28(32-4)27(20)31-3/h5-13,15-17H,14H2,1-4H3/b11-8+,24-16-. The minimum atomic E-state index is -0.195. The molecule has 0 atom stereocenters. The van der Waals surface area contributed by atoms with E-state index in [1.54, 1.807) is 31.4 Å². The lowest BCUT2D eigenvalue weighted by Crippen LogP contribution is -2.01. The molecule has 0 fully saturated rings. The number of benzene rings is 3. The van der Waals surface area contributed by atoms with Gasteiger partial charge >= 0.3 is 0 Å². The van der Waals surface area contributed by atoms with Crippen LogP contribution in [0.3, 0.4) is 0 Å². The van der Waals surface area contributed by atoms with Crippen molar-refractivity contribution in [2.75, 3.05) is 27.9 Å². The molecule has 0 bridgehead atoms. The lowest BCUT2D eigenvalue weighted by Gasteiger charge is -2.14. The number of allylic oxidation sites excluding steroid dienone is 1. The minimum absolute atomic E-state index is 0.195. The van der Waals surface area contributed by atoms with E-state index in [1.807, 2.05) is 55.5 Å². The average molecular weight is 459 g/mol. The Morgan fingerprint density at radius 3 is 2.38 bits per heavy atom. The van der Waals surface area contributed by atoms with Crippen molar-refractivity contribution in [1.82, 2.24) is 0 Å². The lowest BCUT2D eigenvalue weighted by atomic mass is 10.0. The number of hydrogen-bond acceptors (Lipinski definition) is 6. The number of carbonyl (C=O) groups is 1. The Morgan fingerprint density at radius 1 is 0.912 bits per heavy atom. The Kier molecular flexibility index (Phi) is 6.87. The topological polar surface area (TPSA) is 63.2 Å². The summed E-state index contributed by atoms with van der Waals surface area (Å²) < 4.78 is 28.1. The lowest BCUT2D eigenvalue weighted by molar-refractivity contribution is 0.101. The van der Waals surface area contributed by atoms with Crippen LogP contribution >= 0.6 is 0 Å². The molecule has 1 heterocycles. The second-order valence-corrected chi connectivity index (χ2v) is 7.60. The van der Waals surface area contributed by atoms with E-state index in [9.17, 15) is 4.79 Å². The van der Waals surface area contributed by atoms with Crippen LogP contribution in [0.1, 0.15) is 27.0 Å². The first kappa shape index (κ1) is 23.0. The Balaban J connectivity index is 1.55. The normalized spacial score (nSPS) is 13.6. The molecule has 0 unspecified atom stereocenters. The van der Waals surface area contributed by atoms with Crippen molar-refractivity contribution in [3.63, 3.8) is 0 Å². The van der Waals surface area contributed by atoms with Crippen LogP contribution < -0.4 is 23.7 Å². The maximum absolute atomic E-state index is 13.1. The number of carbonyl (C=O) groups excluding carboxylic acids is 1. The van der Waals surface area contributed by atoms with Gasteiger partial charge in [-0.25, -0.2) is 0 Å². The van der Waals surface area contributed by atoms with Crippen LogP contribution in [0.15, 0.2) is 66.4 Å². The Morgan fingerprint density at radius 2 is 1.68 bits per heavy atom. The predicted molar refractivity (Wildman–Crippen MR) is 131 cm³/mol. The molecule has 0 aliphatic carbocycles. The minimum Gasteiger partial charge on any atom is -0.493 e. The predicted octanol–water partition coefficient (Wildman–Crippen LogP) is 5.73. The summed E-state index contributed by atoms with van der Waals surface area (Å²) in [6, 6.07) is 17.1. The van der Waals surface area contributed by atoms with Crippen molar-refractivity contribution in [2.24, 2.45) is 0 Å². The van der Waals surface area contributed by atoms with Crippen LogP contribution in [0.25, 0.3) is 12.2 Å². The van der Waals surface area contributed by atoms with Crippen molar-refractivity contribution >= 4 is 17.9 Å². The summed E-state index contributed by atoms with van der Waals surface area (Å²) >= 11 is 0. The highest BCUT2D eigenvalue weighted by atomic mass is 16.5. The molecule has 0 spiro atoms. The van der Waals surface area contributed by atoms with Crippen LogP contribution in [0.5, 0.6) is 28.7 Å². The number of aryl methyl sites for hydroxylation is 1. The fourth-order valence-corrected chi connectivity index (χ4v) is 3.83. The summed E-state index contributed by atoms with van der Waals surface area (Å²) in [7, 11) is 4.62. The fourth-order valence-electron chi connectivity index (χ4n) is 3.83. The summed E-state index contributed by atoms with van der Waals surface area (Å²) in [4.78, 5) is 13.1. The second kappa shape index (κ2) is 10.2. The third-order valence-corrected chi connectivity index (χ3v) is 5.42. The van der Waals surface area contributed by atoms with Gasteiger partial charge in [0.25, 0.3) is 0 Å². The smallest absolute Gasteiger partial charge is 0.232 e. The van der Waals surface area contributed by atoms with Gasteiger partial charge < -0.3 is 23.7 Å². The zero-order valence-electron chi connectivity index (χ0n) is 19.6. The molecule has 34 heavy (non-hydrogen) atoms. The third-order valence-electron chi connectivity index (χ3n) is 5.42. The monoisotopic (exact) mass is 458 g/mol. The molecule has 6 heteroatoms. The summed E-state index contributed by atoms with van der Waals surface area (Å²) in [5, 5.41) is 0. The van der Waals surface area contributed by atoms with E-state index in [-0.39, 0.29) is 11.5 Å². The maximum Gasteiger partial charge on any atom is 0.232 e. The van der Waals surface area contributed by atoms with E-state index in [1.165, 1.54) is 14.2 Å². The second-order valence-electron chi connectivity index (χ2n) is 7.60. The van der Waals surface area contributed by atoms with Crippen LogP contribution in [-0.2, 0) is 0 Å². The molecule has 3 aromatic carbocycles. The first-order valence-electron chi connectivity index (χ1n) is 10.8. The first-order valence-corrected chi connectivity index (χ1v) is 10.8. The van der Waals surface area contributed by atoms with Gasteiger partial charge in [-0.2, -0.15) is 0 Å². The fraction of sp³-hybridized carbons (Fsp3) is 0.179. The summed E-state index contributed by atoms with van der Waals surface area (Å²) in [5.41, 5.74) is 3.05. The van der Waals surface area contributed by atoms with Crippen LogP contribution in [0, 0.1) is 6.92 Å². The molecule has 0 aromatic heterocycles. The van der Waals surface area contributed by atoms with E-state index < -0.39 is 0 Å². The molecule has 0 radical (unpaired) electrons. The Hall–Kier alpha value is -4.19. The molecular formula is C28H26O6. The molecule has 3 aromatic rings. The van der Waals surface area contributed by atoms with Gasteiger partial charge in [-0.15, -0.1) is 0 Å². The van der Waals surface area contributed by atoms with E-state index in [0.29, 0.717) is 46.5 Å². The van der Waals surface area contributed by atoms with Gasteiger partial charge in [-0.05, 0) is 48.4 Å². The van der Waals surface area contributed by atoms with Gasteiger partial charge in [0.2, 0.25) is 11.5 Å². The van der Waals surface area contributed by atoms with Crippen molar-refractivity contribution in [3.05, 3.63) is 88.7 Å². The first-order chi connectivity index (χ1) is 16.5. The van der Waals surface area contributed by atoms with Gasteiger partial charge in [-0.3, -0.25) is 4.79 Å². The molecular weight excluding hydrogens is 432 g/mol. The third kappa shape index (κ3) is 4.62. The number of methoxy groups -OCH3 is 3. The van der Waals surface area contributed by atoms with Crippen LogP contribution in [0.4, 0.5) is 0 Å². The van der Waals surface area contributed by atoms with Gasteiger partial charge in [0.15, 0.2) is 17.3 Å². The summed E-state index contributed by atoms with van der Waals surface area (Å²) in [5.74, 6) is 2.53. The molecule has 174 valence electrons. The van der Waals surface area contributed by atoms with Crippen LogP contribution in [-0.4, -0.2) is 33.7 Å². The molecule has 0 amide bonds. The van der Waals surface area contributed by atoms with Gasteiger partial charge in [0.05, 0.1) is 26.9 Å². The van der Waals surface area contributed by atoms with E-state index >= 15 is 0 Å². The van der Waals surface area contributed by atoms with Crippen molar-refractivity contribution < 1.29 is 28.5 Å². The molecule has 4 rings (SSSR count). The van der Waals surface area contributed by atoms with E-state index in [2.05, 4.69) is 0 Å². The molecule has 1 aliphatic heterocycles. The molecule has 1 aliphatic rings. The zero-order chi connectivity index (χ0) is 24.1. The average Bonchev–Trinajstić information content (AvgIpc) is 3.17. The molecule has 6 nitrogen and oxygen atoms in total. The molecule has 0 saturated carbocycles. The molecule has 0 saturated heterocycles. The Labute approximate surface area is 199 Å². The highest BCUT2D eigenvalue weighted by molar-refractivity contribution is 6.15. The zero-order valence-corrected chi connectivity index (χ0v) is 19.6. The number of ether oxygens (including phenoxy) is 5. The number of rotatable bonds is 8. The van der Waals surface area contributed by atoms with Crippen molar-refractivity contribution in [3.8, 4) is 28.7 Å². The van der Waals surface area contributed by atoms with Gasteiger partial charge in [-0.1, -0.05) is 36.4 Å². The summed E-state index contributed by atoms with van der Waals surface area (Å²) in [6.07, 6.45) is 5.59. The largest absolute Gasteiger partial charge is 0.493 e. The quantitative estimate of drug-likeness (QED) is 0.402. The van der Waals surface area contributed by atoms with Crippen molar-refractivity contribution in [1.29, 1.82) is 0 Å². The SMILES string of the molecule is COc1ccc(/C=C2\Oc3cc(OC/C=C/c4ccccc4)cc(C)c3C2=O)c(OC)c1OC. The highest BCUT2D eigenvalue weighted by Gasteiger charge is 2.30. The summed E-state index contributed by atoms with van der Waals surface area (Å²) in [6.45, 7) is 2.26. The maximum atomic E-state index is 13.1. The number of ketones is 1. The Bertz CT molecular complexity index is 1260. The van der Waals surface area contributed by atoms with E-state index in [4.69, 9.17) is 23.7 Å².